The van der Waals surface area contributed by atoms with Crippen molar-refractivity contribution in [1.29, 1.82) is 0 Å². The first-order valence-electron chi connectivity index (χ1n) is 10.8. The summed E-state index contributed by atoms with van der Waals surface area (Å²) in [5.41, 5.74) is 0.291. The zero-order valence-electron chi connectivity index (χ0n) is 19.1. The van der Waals surface area contributed by atoms with Crippen molar-refractivity contribution in [3.05, 3.63) is 45.9 Å². The maximum atomic E-state index is 13.1. The van der Waals surface area contributed by atoms with Crippen LogP contribution in [-0.4, -0.2) is 47.5 Å². The highest BCUT2D eigenvalue weighted by atomic mass is 35.5. The number of rotatable bonds is 5. The summed E-state index contributed by atoms with van der Waals surface area (Å²) >= 11 is 12.6. The monoisotopic (exact) mass is 508 g/mol. The number of nitrogens with zero attached hydrogens (tertiary/aromatic N) is 1. The molecule has 1 fully saturated rings. The molecule has 3 rings (SSSR count). The number of piperidine rings is 1. The molecule has 2 amide bonds. The Morgan fingerprint density at radius 2 is 1.82 bits per heavy atom. The van der Waals surface area contributed by atoms with E-state index in [1.165, 1.54) is 30.3 Å². The van der Waals surface area contributed by atoms with E-state index < -0.39 is 11.9 Å². The smallest absolute Gasteiger partial charge is 0.397 e. The summed E-state index contributed by atoms with van der Waals surface area (Å²) in [7, 11) is 0. The van der Waals surface area contributed by atoms with Crippen molar-refractivity contribution in [2.75, 3.05) is 25.0 Å². The minimum atomic E-state index is -1.03. The van der Waals surface area contributed by atoms with Crippen LogP contribution in [0.15, 0.2) is 30.3 Å². The van der Waals surface area contributed by atoms with Gasteiger partial charge in [-0.2, -0.15) is 0 Å². The van der Waals surface area contributed by atoms with E-state index >= 15 is 0 Å². The number of aromatic hydroxyl groups is 1. The van der Waals surface area contributed by atoms with Gasteiger partial charge in [0.1, 0.15) is 11.5 Å². The fraction of sp³-hybridized carbons (Fsp3) is 0.375. The van der Waals surface area contributed by atoms with Gasteiger partial charge in [0.15, 0.2) is 5.75 Å². The number of hydrogen-bond acceptors (Lipinski definition) is 6. The average Bonchev–Trinajstić information content (AvgIpc) is 2.76. The topological polar surface area (TPSA) is 105 Å². The van der Waals surface area contributed by atoms with Gasteiger partial charge in [-0.05, 0) is 55.5 Å². The second-order valence-corrected chi connectivity index (χ2v) is 9.53. The third kappa shape index (κ3) is 6.12. The number of phenolic OH excluding ortho intramolecular Hbond substituents is 1. The minimum Gasteiger partial charge on any atom is -0.507 e. The lowest BCUT2D eigenvalue weighted by Crippen LogP contribution is -2.43. The molecular formula is C24H26Cl2N2O6. The number of nitrogens with one attached hydrogen (secondary N) is 1. The van der Waals surface area contributed by atoms with Crippen LogP contribution >= 0.6 is 23.2 Å². The van der Waals surface area contributed by atoms with E-state index in [-0.39, 0.29) is 56.5 Å². The Bertz CT molecular complexity index is 1100. The Morgan fingerprint density at radius 1 is 1.15 bits per heavy atom. The van der Waals surface area contributed by atoms with Gasteiger partial charge >= 0.3 is 11.9 Å². The predicted octanol–water partition coefficient (Wildman–Crippen LogP) is 5.26. The van der Waals surface area contributed by atoms with Gasteiger partial charge in [-0.25, -0.2) is 4.79 Å². The van der Waals surface area contributed by atoms with Crippen LogP contribution in [0.3, 0.4) is 0 Å². The van der Waals surface area contributed by atoms with Crippen LogP contribution in [0.5, 0.6) is 17.2 Å². The quantitative estimate of drug-likeness (QED) is 0.421. The van der Waals surface area contributed by atoms with Crippen molar-refractivity contribution >= 4 is 46.7 Å². The molecule has 8 nitrogen and oxygen atoms in total. The molecule has 0 saturated carbocycles. The summed E-state index contributed by atoms with van der Waals surface area (Å²) in [6, 6.07) is 7.01. The number of carbonyl (C=O) groups excluding carboxylic acids is 3. The third-order valence-corrected chi connectivity index (χ3v) is 5.88. The first-order chi connectivity index (χ1) is 16.0. The first-order valence-corrected chi connectivity index (χ1v) is 11.5. The number of esters is 1. The number of amides is 2. The maximum absolute atomic E-state index is 13.1. The fourth-order valence-corrected chi connectivity index (χ4v) is 4.31. The number of phenols is 1. The summed E-state index contributed by atoms with van der Waals surface area (Å²) < 4.78 is 10.5. The van der Waals surface area contributed by atoms with Gasteiger partial charge in [-0.3, -0.25) is 9.59 Å². The average molecular weight is 509 g/mol. The molecule has 2 aromatic rings. The Morgan fingerprint density at radius 3 is 2.44 bits per heavy atom. The maximum Gasteiger partial charge on any atom is 0.397 e. The lowest BCUT2D eigenvalue weighted by atomic mass is 9.84. The van der Waals surface area contributed by atoms with Crippen LogP contribution in [0.4, 0.5) is 5.69 Å². The summed E-state index contributed by atoms with van der Waals surface area (Å²) in [5.74, 6) is -2.12. The summed E-state index contributed by atoms with van der Waals surface area (Å²) in [6.07, 6.45) is 1.92. The van der Waals surface area contributed by atoms with Crippen molar-refractivity contribution in [2.24, 2.45) is 5.41 Å². The third-order valence-electron chi connectivity index (χ3n) is 5.32. The van der Waals surface area contributed by atoms with Gasteiger partial charge in [0.25, 0.3) is 5.91 Å². The van der Waals surface area contributed by atoms with Gasteiger partial charge in [0.05, 0.1) is 22.2 Å². The van der Waals surface area contributed by atoms with E-state index in [4.69, 9.17) is 27.9 Å². The van der Waals surface area contributed by atoms with E-state index in [1.807, 2.05) is 0 Å². The molecule has 0 unspecified atom stereocenters. The number of ether oxygens (including phenoxy) is 2. The predicted molar refractivity (Wildman–Crippen MR) is 129 cm³/mol. The van der Waals surface area contributed by atoms with Gasteiger partial charge in [-0.1, -0.05) is 37.0 Å². The van der Waals surface area contributed by atoms with Gasteiger partial charge in [-0.15, -0.1) is 0 Å². The number of benzene rings is 2. The van der Waals surface area contributed by atoms with Crippen molar-refractivity contribution < 1.29 is 29.0 Å². The van der Waals surface area contributed by atoms with E-state index in [1.54, 1.807) is 11.8 Å². The van der Waals surface area contributed by atoms with Gasteiger partial charge < -0.3 is 24.8 Å². The SMILES string of the molecule is CCOC(=O)C(=O)Nc1cc(Cl)c(Oc2ccc(O)c(C(=O)N3CCCC(C)(C)C3)c2)c(Cl)c1. The largest absolute Gasteiger partial charge is 0.507 e. The van der Waals surface area contributed by atoms with Crippen molar-refractivity contribution in [1.82, 2.24) is 4.90 Å². The Labute approximate surface area is 207 Å². The Kier molecular flexibility index (Phi) is 7.94. The molecule has 1 aliphatic rings. The van der Waals surface area contributed by atoms with Gasteiger partial charge in [0.2, 0.25) is 0 Å². The van der Waals surface area contributed by atoms with Crippen LogP contribution in [0, 0.1) is 5.41 Å². The zero-order chi connectivity index (χ0) is 25.0. The molecule has 0 radical (unpaired) electrons. The molecule has 1 aliphatic heterocycles. The number of carbonyl (C=O) groups is 3. The van der Waals surface area contributed by atoms with Crippen LogP contribution in [0.2, 0.25) is 10.0 Å². The number of likely N-dealkylation sites (tertiary alicyclic amines) is 1. The molecule has 182 valence electrons. The van der Waals surface area contributed by atoms with E-state index in [9.17, 15) is 19.5 Å². The van der Waals surface area contributed by atoms with E-state index in [2.05, 4.69) is 23.9 Å². The normalized spacial score (nSPS) is 14.9. The summed E-state index contributed by atoms with van der Waals surface area (Å²) in [4.78, 5) is 38.2. The lowest BCUT2D eigenvalue weighted by molar-refractivity contribution is -0.152. The molecule has 0 bridgehead atoms. The van der Waals surface area contributed by atoms with Crippen LogP contribution < -0.4 is 10.1 Å². The molecule has 10 heteroatoms. The molecule has 0 spiro atoms. The highest BCUT2D eigenvalue weighted by Gasteiger charge is 2.31. The lowest BCUT2D eigenvalue weighted by Gasteiger charge is -2.38. The molecule has 0 atom stereocenters. The first kappa shape index (κ1) is 25.6. The molecule has 0 aliphatic carbocycles. The van der Waals surface area contributed by atoms with Crippen molar-refractivity contribution in [3.8, 4) is 17.2 Å². The number of anilines is 1. The molecule has 2 N–H and O–H groups in total. The molecular weight excluding hydrogens is 483 g/mol. The number of hydrogen-bond donors (Lipinski definition) is 2. The molecule has 1 saturated heterocycles. The van der Waals surface area contributed by atoms with Gasteiger partial charge in [0, 0.05) is 18.8 Å². The minimum absolute atomic E-state index is 0.00311. The van der Waals surface area contributed by atoms with Crippen LogP contribution in [-0.2, 0) is 14.3 Å². The summed E-state index contributed by atoms with van der Waals surface area (Å²) in [5, 5.41) is 12.8. The fourth-order valence-electron chi connectivity index (χ4n) is 3.74. The molecule has 0 aromatic heterocycles. The second kappa shape index (κ2) is 10.5. The second-order valence-electron chi connectivity index (χ2n) is 8.72. The van der Waals surface area contributed by atoms with Crippen LogP contribution in [0.1, 0.15) is 44.0 Å². The Hall–Kier alpha value is -2.97. The standard InChI is InChI=1S/C24H26Cl2N2O6/c1-4-33-23(32)21(30)27-14-10-17(25)20(18(26)11-14)34-15-6-7-19(29)16(12-15)22(31)28-9-5-8-24(2,3)13-28/h6-7,10-12,29H,4-5,8-9,13H2,1-3H3,(H,27,30). The van der Waals surface area contributed by atoms with E-state index in [0.717, 1.165) is 12.8 Å². The Balaban J connectivity index is 1.80. The summed E-state index contributed by atoms with van der Waals surface area (Å²) in [6.45, 7) is 7.06. The van der Waals surface area contributed by atoms with Crippen molar-refractivity contribution in [3.63, 3.8) is 0 Å². The number of halogens is 2. The van der Waals surface area contributed by atoms with Crippen molar-refractivity contribution in [2.45, 2.75) is 33.6 Å². The van der Waals surface area contributed by atoms with Crippen LogP contribution in [0.25, 0.3) is 0 Å². The highest BCUT2D eigenvalue weighted by Crippen LogP contribution is 2.40. The van der Waals surface area contributed by atoms with E-state index in [0.29, 0.717) is 13.1 Å². The molecule has 2 aromatic carbocycles. The molecule has 34 heavy (non-hydrogen) atoms. The highest BCUT2D eigenvalue weighted by molar-refractivity contribution is 6.39. The zero-order valence-corrected chi connectivity index (χ0v) is 20.6. The molecule has 1 heterocycles.